The topological polar surface area (TPSA) is 60.6 Å². The van der Waals surface area contributed by atoms with Crippen LogP contribution in [-0.2, 0) is 17.6 Å². The van der Waals surface area contributed by atoms with Gasteiger partial charge in [0.05, 0.1) is 25.3 Å². The van der Waals surface area contributed by atoms with Gasteiger partial charge >= 0.3 is 6.18 Å². The van der Waals surface area contributed by atoms with Crippen molar-refractivity contribution in [3.05, 3.63) is 71.2 Å². The number of aromatic nitrogens is 1. The SMILES string of the molecule is COc1ccc(C2C=C(N)ON2Cc2ccccc2C(F)(F)F)cn1. The molecule has 2 N–H and O–H groups in total. The molecule has 1 aliphatic rings. The summed E-state index contributed by atoms with van der Waals surface area (Å²) in [5.74, 6) is 0.568. The van der Waals surface area contributed by atoms with Gasteiger partial charge in [0.25, 0.3) is 0 Å². The molecular weight excluding hydrogens is 335 g/mol. The molecule has 1 aromatic carbocycles. The van der Waals surface area contributed by atoms with E-state index < -0.39 is 17.8 Å². The highest BCUT2D eigenvalue weighted by molar-refractivity contribution is 5.31. The molecule has 1 aliphatic heterocycles. The molecule has 2 aromatic rings. The summed E-state index contributed by atoms with van der Waals surface area (Å²) in [6, 6.07) is 8.36. The summed E-state index contributed by atoms with van der Waals surface area (Å²) in [6.45, 7) is -0.0798. The third-order valence-electron chi connectivity index (χ3n) is 3.81. The van der Waals surface area contributed by atoms with E-state index in [0.29, 0.717) is 5.88 Å². The molecule has 0 radical (unpaired) electrons. The van der Waals surface area contributed by atoms with E-state index in [0.717, 1.165) is 11.6 Å². The summed E-state index contributed by atoms with van der Waals surface area (Å²) < 4.78 is 44.6. The molecule has 0 saturated carbocycles. The first-order chi connectivity index (χ1) is 11.9. The Bertz CT molecular complexity index is 775. The van der Waals surface area contributed by atoms with Gasteiger partial charge in [-0.05, 0) is 17.2 Å². The van der Waals surface area contributed by atoms with E-state index in [9.17, 15) is 13.2 Å². The number of hydrogen-bond donors (Lipinski definition) is 1. The van der Waals surface area contributed by atoms with Crippen molar-refractivity contribution in [3.8, 4) is 5.88 Å². The molecule has 0 spiro atoms. The van der Waals surface area contributed by atoms with Crippen molar-refractivity contribution in [1.82, 2.24) is 10.0 Å². The number of halogens is 3. The second-order valence-electron chi connectivity index (χ2n) is 5.47. The Labute approximate surface area is 142 Å². The van der Waals surface area contributed by atoms with E-state index in [4.69, 9.17) is 15.3 Å². The molecule has 0 bridgehead atoms. The van der Waals surface area contributed by atoms with E-state index in [1.165, 1.54) is 24.3 Å². The Balaban J connectivity index is 1.87. The summed E-state index contributed by atoms with van der Waals surface area (Å²) in [5, 5.41) is 1.39. The Morgan fingerprint density at radius 3 is 2.64 bits per heavy atom. The van der Waals surface area contributed by atoms with Crippen LogP contribution >= 0.6 is 0 Å². The summed E-state index contributed by atoms with van der Waals surface area (Å²) >= 11 is 0. The van der Waals surface area contributed by atoms with Gasteiger partial charge in [0.1, 0.15) is 0 Å². The fourth-order valence-electron chi connectivity index (χ4n) is 2.64. The number of alkyl halides is 3. The predicted molar refractivity (Wildman–Crippen MR) is 83.9 cm³/mol. The minimum atomic E-state index is -4.44. The number of nitrogens with two attached hydrogens (primary N) is 1. The Morgan fingerprint density at radius 1 is 1.24 bits per heavy atom. The lowest BCUT2D eigenvalue weighted by atomic mass is 10.1. The number of benzene rings is 1. The van der Waals surface area contributed by atoms with E-state index in [1.807, 2.05) is 0 Å². The maximum absolute atomic E-state index is 13.2. The molecule has 132 valence electrons. The van der Waals surface area contributed by atoms with Crippen LogP contribution < -0.4 is 10.5 Å². The Morgan fingerprint density at radius 2 is 2.00 bits per heavy atom. The molecule has 0 saturated heterocycles. The number of methoxy groups -OCH3 is 1. The molecule has 0 amide bonds. The van der Waals surface area contributed by atoms with Crippen LogP contribution in [0.5, 0.6) is 5.88 Å². The van der Waals surface area contributed by atoms with Gasteiger partial charge in [0, 0.05) is 18.3 Å². The molecule has 1 unspecified atom stereocenters. The van der Waals surface area contributed by atoms with Gasteiger partial charge in [-0.15, -0.1) is 5.06 Å². The van der Waals surface area contributed by atoms with Crippen molar-refractivity contribution < 1.29 is 22.7 Å². The molecule has 25 heavy (non-hydrogen) atoms. The van der Waals surface area contributed by atoms with Gasteiger partial charge < -0.3 is 15.3 Å². The number of rotatable bonds is 4. The number of hydrogen-bond acceptors (Lipinski definition) is 5. The molecular formula is C17H16F3N3O2. The highest BCUT2D eigenvalue weighted by Crippen LogP contribution is 2.36. The first-order valence-electron chi connectivity index (χ1n) is 7.45. The fraction of sp³-hybridized carbons (Fsp3) is 0.235. The van der Waals surface area contributed by atoms with Crippen LogP contribution in [0.3, 0.4) is 0 Å². The van der Waals surface area contributed by atoms with Gasteiger partial charge in [-0.2, -0.15) is 13.2 Å². The van der Waals surface area contributed by atoms with Crippen molar-refractivity contribution in [2.45, 2.75) is 18.8 Å². The zero-order chi connectivity index (χ0) is 18.0. The number of pyridine rings is 1. The fourth-order valence-corrected chi connectivity index (χ4v) is 2.64. The molecule has 1 aromatic heterocycles. The van der Waals surface area contributed by atoms with Gasteiger partial charge in [-0.1, -0.05) is 24.3 Å². The zero-order valence-electron chi connectivity index (χ0n) is 13.3. The maximum atomic E-state index is 13.2. The van der Waals surface area contributed by atoms with Crippen LogP contribution in [0.4, 0.5) is 13.2 Å². The molecule has 1 atom stereocenters. The number of nitrogens with zero attached hydrogens (tertiary/aromatic N) is 2. The second kappa shape index (κ2) is 6.64. The third-order valence-corrected chi connectivity index (χ3v) is 3.81. The van der Waals surface area contributed by atoms with Crippen LogP contribution in [0.1, 0.15) is 22.7 Å². The van der Waals surface area contributed by atoms with E-state index in [1.54, 1.807) is 30.5 Å². The molecule has 2 heterocycles. The average molecular weight is 351 g/mol. The molecule has 3 rings (SSSR count). The third kappa shape index (κ3) is 3.69. The smallest absolute Gasteiger partial charge is 0.416 e. The monoisotopic (exact) mass is 351 g/mol. The van der Waals surface area contributed by atoms with Gasteiger partial charge in [0.2, 0.25) is 11.8 Å². The first-order valence-corrected chi connectivity index (χ1v) is 7.45. The first kappa shape index (κ1) is 17.1. The second-order valence-corrected chi connectivity index (χ2v) is 5.47. The van der Waals surface area contributed by atoms with Crippen molar-refractivity contribution in [3.63, 3.8) is 0 Å². The highest BCUT2D eigenvalue weighted by atomic mass is 19.4. The summed E-state index contributed by atoms with van der Waals surface area (Å²) in [7, 11) is 1.50. The molecule has 0 fully saturated rings. The van der Waals surface area contributed by atoms with Gasteiger partial charge in [-0.3, -0.25) is 0 Å². The van der Waals surface area contributed by atoms with Crippen molar-refractivity contribution in [2.24, 2.45) is 5.73 Å². The lowest BCUT2D eigenvalue weighted by Crippen LogP contribution is -2.25. The molecule has 5 nitrogen and oxygen atoms in total. The van der Waals surface area contributed by atoms with E-state index in [-0.39, 0.29) is 18.0 Å². The minimum absolute atomic E-state index is 0.0798. The van der Waals surface area contributed by atoms with Crippen LogP contribution in [0.2, 0.25) is 0 Å². The zero-order valence-corrected chi connectivity index (χ0v) is 13.3. The van der Waals surface area contributed by atoms with E-state index >= 15 is 0 Å². The van der Waals surface area contributed by atoms with Crippen molar-refractivity contribution >= 4 is 0 Å². The molecule has 8 heteroatoms. The highest BCUT2D eigenvalue weighted by Gasteiger charge is 2.35. The lowest BCUT2D eigenvalue weighted by molar-refractivity contribution is -0.144. The maximum Gasteiger partial charge on any atom is 0.416 e. The number of ether oxygens (including phenoxy) is 1. The van der Waals surface area contributed by atoms with Gasteiger partial charge in [-0.25, -0.2) is 4.98 Å². The van der Waals surface area contributed by atoms with Crippen LogP contribution in [0.25, 0.3) is 0 Å². The molecule has 0 aliphatic carbocycles. The number of hydroxylamine groups is 2. The quantitative estimate of drug-likeness (QED) is 0.915. The minimum Gasteiger partial charge on any atom is -0.481 e. The van der Waals surface area contributed by atoms with Crippen LogP contribution in [0.15, 0.2) is 54.6 Å². The lowest BCUT2D eigenvalue weighted by Gasteiger charge is -2.24. The Hall–Kier alpha value is -2.74. The summed E-state index contributed by atoms with van der Waals surface area (Å²) in [5.41, 5.74) is 5.85. The summed E-state index contributed by atoms with van der Waals surface area (Å²) in [6.07, 6.45) is -1.24. The standard InChI is InChI=1S/C17H16F3N3O2/c1-24-16-7-6-11(9-22-16)14-8-15(21)25-23(14)10-12-4-2-3-5-13(12)17(18,19)20/h2-9,14H,10,21H2,1H3. The average Bonchev–Trinajstić information content (AvgIpc) is 2.95. The van der Waals surface area contributed by atoms with E-state index in [2.05, 4.69) is 4.98 Å². The van der Waals surface area contributed by atoms with Gasteiger partial charge in [0.15, 0.2) is 0 Å². The summed E-state index contributed by atoms with van der Waals surface area (Å²) in [4.78, 5) is 9.51. The Kier molecular flexibility index (Phi) is 4.54. The predicted octanol–water partition coefficient (Wildman–Crippen LogP) is 3.40. The van der Waals surface area contributed by atoms with Crippen LogP contribution in [-0.4, -0.2) is 17.2 Å². The van der Waals surface area contributed by atoms with Crippen LogP contribution in [0, 0.1) is 0 Å². The normalized spacial score (nSPS) is 17.9. The van der Waals surface area contributed by atoms with Crippen molar-refractivity contribution in [2.75, 3.05) is 7.11 Å². The van der Waals surface area contributed by atoms with Crippen molar-refractivity contribution in [1.29, 1.82) is 0 Å². The largest absolute Gasteiger partial charge is 0.481 e.